The van der Waals surface area contributed by atoms with Gasteiger partial charge >= 0.3 is 0 Å². The van der Waals surface area contributed by atoms with Gasteiger partial charge in [0.15, 0.2) is 0 Å². The summed E-state index contributed by atoms with van der Waals surface area (Å²) < 4.78 is 0. The van der Waals surface area contributed by atoms with Crippen LogP contribution in [0.3, 0.4) is 0 Å². The van der Waals surface area contributed by atoms with E-state index >= 15 is 0 Å². The molecule has 2 aromatic carbocycles. The molecule has 0 aliphatic carbocycles. The van der Waals surface area contributed by atoms with Crippen molar-refractivity contribution in [2.45, 2.75) is 19.4 Å². The van der Waals surface area contributed by atoms with Crippen LogP contribution in [0.2, 0.25) is 5.02 Å². The van der Waals surface area contributed by atoms with E-state index in [1.807, 2.05) is 18.2 Å². The lowest BCUT2D eigenvalue weighted by Gasteiger charge is -2.28. The molecule has 0 saturated carbocycles. The lowest BCUT2D eigenvalue weighted by Crippen LogP contribution is -2.30. The Labute approximate surface area is 137 Å². The first-order chi connectivity index (χ1) is 10.6. The average molecular weight is 316 g/mol. The maximum Gasteiger partial charge on any atom is 0.0503 e. The van der Waals surface area contributed by atoms with Gasteiger partial charge in [0.05, 0.1) is 6.61 Å². The van der Waals surface area contributed by atoms with Gasteiger partial charge in [0.1, 0.15) is 0 Å². The summed E-state index contributed by atoms with van der Waals surface area (Å²) in [6.07, 6.45) is 0. The molecule has 2 unspecified atom stereocenters. The minimum absolute atomic E-state index is 0.109. The van der Waals surface area contributed by atoms with Crippen molar-refractivity contribution in [3.8, 4) is 0 Å². The molecule has 1 aliphatic heterocycles. The van der Waals surface area contributed by atoms with E-state index in [4.69, 9.17) is 11.6 Å². The number of rotatable bonds is 4. The first-order valence-electron chi connectivity index (χ1n) is 7.73. The second-order valence-corrected chi connectivity index (χ2v) is 7.01. The monoisotopic (exact) mass is 315 g/mol. The number of hydrogen-bond donors (Lipinski definition) is 1. The quantitative estimate of drug-likeness (QED) is 0.924. The Morgan fingerprint density at radius 1 is 1.14 bits per heavy atom. The van der Waals surface area contributed by atoms with E-state index < -0.39 is 0 Å². The van der Waals surface area contributed by atoms with Gasteiger partial charge in [-0.25, -0.2) is 0 Å². The van der Waals surface area contributed by atoms with Crippen LogP contribution < -0.4 is 0 Å². The van der Waals surface area contributed by atoms with E-state index in [0.29, 0.717) is 5.92 Å². The molecular weight excluding hydrogens is 294 g/mol. The minimum atomic E-state index is -0.109. The Balaban J connectivity index is 1.79. The molecule has 1 fully saturated rings. The van der Waals surface area contributed by atoms with Crippen molar-refractivity contribution < 1.29 is 5.11 Å². The summed E-state index contributed by atoms with van der Waals surface area (Å²) in [7, 11) is 0. The van der Waals surface area contributed by atoms with Crippen LogP contribution in [0.1, 0.15) is 24.0 Å². The Morgan fingerprint density at radius 2 is 1.82 bits per heavy atom. The Morgan fingerprint density at radius 3 is 2.45 bits per heavy atom. The van der Waals surface area contributed by atoms with Crippen LogP contribution in [0.4, 0.5) is 0 Å². The van der Waals surface area contributed by atoms with E-state index in [1.165, 1.54) is 11.1 Å². The fourth-order valence-electron chi connectivity index (χ4n) is 3.49. The molecule has 0 bridgehead atoms. The summed E-state index contributed by atoms with van der Waals surface area (Å²) in [5.74, 6) is 0.332. The summed E-state index contributed by atoms with van der Waals surface area (Å²) in [6, 6.07) is 18.6. The number of benzene rings is 2. The second-order valence-electron chi connectivity index (χ2n) is 6.57. The van der Waals surface area contributed by atoms with E-state index in [-0.39, 0.29) is 12.0 Å². The summed E-state index contributed by atoms with van der Waals surface area (Å²) in [6.45, 7) is 5.18. The van der Waals surface area contributed by atoms with Gasteiger partial charge in [-0.1, -0.05) is 61.0 Å². The lowest BCUT2D eigenvalue weighted by molar-refractivity contribution is 0.132. The van der Waals surface area contributed by atoms with Gasteiger partial charge in [0.25, 0.3) is 0 Å². The predicted molar refractivity (Wildman–Crippen MR) is 91.1 cm³/mol. The number of nitrogens with zero attached hydrogens (tertiary/aromatic N) is 1. The zero-order valence-electron chi connectivity index (χ0n) is 12.9. The number of hydrogen-bond acceptors (Lipinski definition) is 2. The van der Waals surface area contributed by atoms with E-state index in [1.54, 1.807) is 0 Å². The van der Waals surface area contributed by atoms with Crippen molar-refractivity contribution in [1.29, 1.82) is 0 Å². The maximum atomic E-state index is 9.94. The van der Waals surface area contributed by atoms with Crippen LogP contribution in [0.5, 0.6) is 0 Å². The largest absolute Gasteiger partial charge is 0.396 e. The Bertz CT molecular complexity index is 613. The maximum absolute atomic E-state index is 9.94. The zero-order chi connectivity index (χ0) is 15.6. The van der Waals surface area contributed by atoms with E-state index in [9.17, 15) is 5.11 Å². The summed E-state index contributed by atoms with van der Waals surface area (Å²) in [5, 5.41) is 10.7. The number of aliphatic hydroxyl groups is 1. The normalized spacial score (nSPS) is 25.5. The van der Waals surface area contributed by atoms with Crippen LogP contribution in [0.15, 0.2) is 54.6 Å². The highest BCUT2D eigenvalue weighted by atomic mass is 35.5. The first-order valence-corrected chi connectivity index (χ1v) is 8.11. The lowest BCUT2D eigenvalue weighted by atomic mass is 9.77. The molecule has 22 heavy (non-hydrogen) atoms. The molecule has 0 spiro atoms. The Kier molecular flexibility index (Phi) is 4.53. The molecule has 3 rings (SSSR count). The summed E-state index contributed by atoms with van der Waals surface area (Å²) in [5.41, 5.74) is 2.47. The molecular formula is C19H22ClNO. The van der Waals surface area contributed by atoms with Gasteiger partial charge in [0.2, 0.25) is 0 Å². The highest BCUT2D eigenvalue weighted by Gasteiger charge is 2.43. The van der Waals surface area contributed by atoms with Crippen molar-refractivity contribution in [3.63, 3.8) is 0 Å². The van der Waals surface area contributed by atoms with E-state index in [2.05, 4.69) is 48.2 Å². The molecule has 1 heterocycles. The molecule has 2 nitrogen and oxygen atoms in total. The van der Waals surface area contributed by atoms with Gasteiger partial charge in [-0.15, -0.1) is 0 Å². The van der Waals surface area contributed by atoms with Crippen LogP contribution in [0.25, 0.3) is 0 Å². The van der Waals surface area contributed by atoms with Crippen molar-refractivity contribution in [2.24, 2.45) is 5.41 Å². The van der Waals surface area contributed by atoms with E-state index in [0.717, 1.165) is 24.7 Å². The average Bonchev–Trinajstić information content (AvgIpc) is 2.86. The fourth-order valence-corrected chi connectivity index (χ4v) is 3.62. The molecule has 2 aromatic rings. The van der Waals surface area contributed by atoms with Gasteiger partial charge in [-0.05, 0) is 23.3 Å². The number of aliphatic hydroxyl groups excluding tert-OH is 1. The third-order valence-electron chi connectivity index (χ3n) is 4.75. The molecule has 0 aromatic heterocycles. The minimum Gasteiger partial charge on any atom is -0.396 e. The molecule has 1 aliphatic rings. The van der Waals surface area contributed by atoms with Crippen LogP contribution >= 0.6 is 11.6 Å². The van der Waals surface area contributed by atoms with Crippen LogP contribution in [-0.2, 0) is 6.54 Å². The Hall–Kier alpha value is -1.35. The van der Waals surface area contributed by atoms with Crippen molar-refractivity contribution in [1.82, 2.24) is 4.90 Å². The predicted octanol–water partition coefficient (Wildman–Crippen LogP) is 3.94. The van der Waals surface area contributed by atoms with Crippen LogP contribution in [-0.4, -0.2) is 29.7 Å². The van der Waals surface area contributed by atoms with Crippen molar-refractivity contribution in [2.75, 3.05) is 19.7 Å². The smallest absolute Gasteiger partial charge is 0.0503 e. The summed E-state index contributed by atoms with van der Waals surface area (Å²) >= 11 is 6.00. The highest BCUT2D eigenvalue weighted by molar-refractivity contribution is 6.30. The van der Waals surface area contributed by atoms with Gasteiger partial charge in [-0.2, -0.15) is 0 Å². The second kappa shape index (κ2) is 6.41. The SMILES string of the molecule is CC1(CO)CN(Cc2ccccc2)CC1c1ccc(Cl)cc1. The molecule has 1 saturated heterocycles. The van der Waals surface area contributed by atoms with Gasteiger partial charge in [-0.3, -0.25) is 4.90 Å². The molecule has 2 atom stereocenters. The third-order valence-corrected chi connectivity index (χ3v) is 5.00. The topological polar surface area (TPSA) is 23.5 Å². The molecule has 3 heteroatoms. The van der Waals surface area contributed by atoms with Crippen LogP contribution in [0, 0.1) is 5.41 Å². The number of likely N-dealkylation sites (tertiary alicyclic amines) is 1. The fraction of sp³-hybridized carbons (Fsp3) is 0.368. The van der Waals surface area contributed by atoms with Crippen molar-refractivity contribution in [3.05, 3.63) is 70.7 Å². The molecule has 0 radical (unpaired) electrons. The summed E-state index contributed by atoms with van der Waals surface area (Å²) in [4.78, 5) is 2.44. The molecule has 1 N–H and O–H groups in total. The molecule has 116 valence electrons. The highest BCUT2D eigenvalue weighted by Crippen LogP contribution is 2.43. The standard InChI is InChI=1S/C19H22ClNO/c1-19(14-22)13-21(11-15-5-3-2-4-6-15)12-18(19)16-7-9-17(20)10-8-16/h2-10,18,22H,11-14H2,1H3. The molecule has 0 amide bonds. The number of halogens is 1. The van der Waals surface area contributed by atoms with Crippen molar-refractivity contribution >= 4 is 11.6 Å². The van der Waals surface area contributed by atoms with Gasteiger partial charge < -0.3 is 5.11 Å². The zero-order valence-corrected chi connectivity index (χ0v) is 13.6. The van der Waals surface area contributed by atoms with Gasteiger partial charge in [0, 0.05) is 36.0 Å². The first kappa shape index (κ1) is 15.5. The third kappa shape index (κ3) is 3.19.